The van der Waals surface area contributed by atoms with Gasteiger partial charge in [0.25, 0.3) is 11.8 Å². The summed E-state index contributed by atoms with van der Waals surface area (Å²) in [5.41, 5.74) is 7.50. The van der Waals surface area contributed by atoms with Gasteiger partial charge >= 0.3 is 0 Å². The van der Waals surface area contributed by atoms with E-state index in [2.05, 4.69) is 27.7 Å². The summed E-state index contributed by atoms with van der Waals surface area (Å²) >= 11 is 0. The molecule has 0 saturated carbocycles. The van der Waals surface area contributed by atoms with Crippen LogP contribution in [-0.4, -0.2) is 55.6 Å². The quantitative estimate of drug-likeness (QED) is 0.594. The van der Waals surface area contributed by atoms with Crippen LogP contribution in [0.15, 0.2) is 54.6 Å². The molecule has 4 N–H and O–H groups in total. The van der Waals surface area contributed by atoms with Crippen molar-refractivity contribution in [1.82, 2.24) is 10.2 Å². The molecule has 1 fully saturated rings. The first-order valence-electron chi connectivity index (χ1n) is 9.43. The second-order valence-corrected chi connectivity index (χ2v) is 6.66. The van der Waals surface area contributed by atoms with Gasteiger partial charge in [0, 0.05) is 32.7 Å². The van der Waals surface area contributed by atoms with E-state index in [1.54, 1.807) is 24.3 Å². The average molecular weight is 455 g/mol. The van der Waals surface area contributed by atoms with Crippen LogP contribution in [-0.2, 0) is 16.1 Å². The number of nitrogens with two attached hydrogens (primary N) is 1. The van der Waals surface area contributed by atoms with Crippen LogP contribution in [0.3, 0.4) is 0 Å². The Labute approximate surface area is 189 Å². The second kappa shape index (κ2) is 13.2. The molecule has 1 atom stereocenters. The fourth-order valence-corrected chi connectivity index (χ4v) is 3.13. The Morgan fingerprint density at radius 3 is 2.50 bits per heavy atom. The van der Waals surface area contributed by atoms with Crippen LogP contribution in [0.25, 0.3) is 0 Å². The van der Waals surface area contributed by atoms with Gasteiger partial charge < -0.3 is 21.1 Å². The van der Waals surface area contributed by atoms with Crippen LogP contribution in [0.5, 0.6) is 0 Å². The van der Waals surface area contributed by atoms with Gasteiger partial charge in [0.1, 0.15) is 6.10 Å². The van der Waals surface area contributed by atoms with E-state index in [-0.39, 0.29) is 36.6 Å². The van der Waals surface area contributed by atoms with Crippen molar-refractivity contribution in [2.24, 2.45) is 5.73 Å². The third-order valence-corrected chi connectivity index (χ3v) is 4.55. The van der Waals surface area contributed by atoms with Gasteiger partial charge in [-0.2, -0.15) is 0 Å². The summed E-state index contributed by atoms with van der Waals surface area (Å²) in [6.45, 7) is 3.27. The van der Waals surface area contributed by atoms with Crippen molar-refractivity contribution >= 4 is 42.3 Å². The molecule has 3 rings (SSSR count). The van der Waals surface area contributed by atoms with Crippen molar-refractivity contribution in [3.8, 4) is 0 Å². The molecule has 30 heavy (non-hydrogen) atoms. The highest BCUT2D eigenvalue weighted by molar-refractivity contribution is 6.04. The SMILES string of the molecule is Cl.Cl.NCCNC(=O)c1ccccc1NC(=O)C1CN(Cc2ccccc2)CCO1. The van der Waals surface area contributed by atoms with E-state index in [4.69, 9.17) is 10.5 Å². The summed E-state index contributed by atoms with van der Waals surface area (Å²) in [5.74, 6) is -0.520. The van der Waals surface area contributed by atoms with E-state index in [1.165, 1.54) is 5.56 Å². The summed E-state index contributed by atoms with van der Waals surface area (Å²) in [6, 6.07) is 17.1. The lowest BCUT2D eigenvalue weighted by Crippen LogP contribution is -2.47. The van der Waals surface area contributed by atoms with Crippen molar-refractivity contribution in [3.05, 3.63) is 65.7 Å². The molecule has 0 aliphatic carbocycles. The minimum atomic E-state index is -0.586. The number of carbonyl (C=O) groups excluding carboxylic acids is 2. The third kappa shape index (κ3) is 7.27. The number of anilines is 1. The van der Waals surface area contributed by atoms with Gasteiger partial charge in [0.05, 0.1) is 17.9 Å². The largest absolute Gasteiger partial charge is 0.366 e. The standard InChI is InChI=1S/C21H26N4O3.2ClH/c22-10-11-23-20(26)17-8-4-5-9-18(17)24-21(27)19-15-25(12-13-28-19)14-16-6-2-1-3-7-16;;/h1-9,19H,10-15,22H2,(H,23,26)(H,24,27);2*1H. The third-order valence-electron chi connectivity index (χ3n) is 4.55. The molecule has 0 aromatic heterocycles. The van der Waals surface area contributed by atoms with E-state index in [0.29, 0.717) is 37.5 Å². The van der Waals surface area contributed by atoms with Gasteiger partial charge in [-0.15, -0.1) is 24.8 Å². The molecule has 164 valence electrons. The number of benzene rings is 2. The number of amides is 2. The number of halogens is 2. The van der Waals surface area contributed by atoms with Gasteiger partial charge in [0.2, 0.25) is 0 Å². The van der Waals surface area contributed by atoms with Crippen LogP contribution >= 0.6 is 24.8 Å². The first-order valence-corrected chi connectivity index (χ1v) is 9.43. The Bertz CT molecular complexity index is 808. The van der Waals surface area contributed by atoms with Gasteiger partial charge in [-0.25, -0.2) is 0 Å². The second-order valence-electron chi connectivity index (χ2n) is 6.66. The van der Waals surface area contributed by atoms with Crippen LogP contribution < -0.4 is 16.4 Å². The molecule has 0 spiro atoms. The molecule has 1 aliphatic heterocycles. The van der Waals surface area contributed by atoms with E-state index < -0.39 is 6.10 Å². The van der Waals surface area contributed by atoms with Gasteiger partial charge in [0.15, 0.2) is 0 Å². The van der Waals surface area contributed by atoms with E-state index in [0.717, 1.165) is 13.1 Å². The van der Waals surface area contributed by atoms with Crippen molar-refractivity contribution < 1.29 is 14.3 Å². The van der Waals surface area contributed by atoms with Crippen molar-refractivity contribution in [2.75, 3.05) is 38.1 Å². The first-order chi connectivity index (χ1) is 13.7. The predicted octanol–water partition coefficient (Wildman–Crippen LogP) is 2.06. The van der Waals surface area contributed by atoms with Crippen LogP contribution in [0.1, 0.15) is 15.9 Å². The molecule has 2 aromatic rings. The Kier molecular flexibility index (Phi) is 11.4. The zero-order valence-electron chi connectivity index (χ0n) is 16.6. The van der Waals surface area contributed by atoms with Crippen molar-refractivity contribution in [2.45, 2.75) is 12.6 Å². The lowest BCUT2D eigenvalue weighted by Gasteiger charge is -2.32. The highest BCUT2D eigenvalue weighted by atomic mass is 35.5. The first kappa shape index (κ1) is 25.9. The van der Waals surface area contributed by atoms with Crippen LogP contribution in [0, 0.1) is 0 Å². The molecule has 2 amide bonds. The van der Waals surface area contributed by atoms with E-state index in [9.17, 15) is 9.59 Å². The summed E-state index contributed by atoms with van der Waals surface area (Å²) in [6.07, 6.45) is -0.586. The van der Waals surface area contributed by atoms with Gasteiger partial charge in [-0.05, 0) is 17.7 Å². The summed E-state index contributed by atoms with van der Waals surface area (Å²) < 4.78 is 5.67. The maximum absolute atomic E-state index is 12.7. The zero-order chi connectivity index (χ0) is 19.8. The van der Waals surface area contributed by atoms with E-state index >= 15 is 0 Å². The Morgan fingerprint density at radius 2 is 1.77 bits per heavy atom. The highest BCUT2D eigenvalue weighted by Gasteiger charge is 2.27. The molecule has 2 aromatic carbocycles. The molecule has 1 heterocycles. The normalized spacial score (nSPS) is 16.0. The van der Waals surface area contributed by atoms with Crippen LogP contribution in [0.2, 0.25) is 0 Å². The lowest BCUT2D eigenvalue weighted by atomic mass is 10.1. The molecular formula is C21H28Cl2N4O3. The highest BCUT2D eigenvalue weighted by Crippen LogP contribution is 2.17. The number of ether oxygens (including phenoxy) is 1. The fraction of sp³-hybridized carbons (Fsp3) is 0.333. The number of morpholine rings is 1. The van der Waals surface area contributed by atoms with Crippen molar-refractivity contribution in [1.29, 1.82) is 0 Å². The van der Waals surface area contributed by atoms with E-state index in [1.807, 2.05) is 18.2 Å². The zero-order valence-corrected chi connectivity index (χ0v) is 18.2. The average Bonchev–Trinajstić information content (AvgIpc) is 2.73. The summed E-state index contributed by atoms with van der Waals surface area (Å²) in [4.78, 5) is 27.2. The Morgan fingerprint density at radius 1 is 1.07 bits per heavy atom. The topological polar surface area (TPSA) is 96.7 Å². The Hall–Kier alpha value is -2.16. The van der Waals surface area contributed by atoms with Gasteiger partial charge in [-0.3, -0.25) is 14.5 Å². The fourth-order valence-electron chi connectivity index (χ4n) is 3.13. The number of para-hydroxylation sites is 1. The molecule has 7 nitrogen and oxygen atoms in total. The number of nitrogens with one attached hydrogen (secondary N) is 2. The molecule has 1 aliphatic rings. The number of hydrogen-bond donors (Lipinski definition) is 3. The predicted molar refractivity (Wildman–Crippen MR) is 122 cm³/mol. The number of carbonyl (C=O) groups is 2. The molecule has 0 radical (unpaired) electrons. The minimum Gasteiger partial charge on any atom is -0.366 e. The van der Waals surface area contributed by atoms with Gasteiger partial charge in [-0.1, -0.05) is 42.5 Å². The number of rotatable bonds is 7. The van der Waals surface area contributed by atoms with Crippen molar-refractivity contribution in [3.63, 3.8) is 0 Å². The molecule has 1 saturated heterocycles. The molecule has 9 heteroatoms. The molecule has 1 unspecified atom stereocenters. The minimum absolute atomic E-state index is 0. The van der Waals surface area contributed by atoms with Crippen LogP contribution in [0.4, 0.5) is 5.69 Å². The lowest BCUT2D eigenvalue weighted by molar-refractivity contribution is -0.133. The smallest absolute Gasteiger partial charge is 0.254 e. The number of hydrogen-bond acceptors (Lipinski definition) is 5. The number of nitrogens with zero attached hydrogens (tertiary/aromatic N) is 1. The monoisotopic (exact) mass is 454 g/mol. The Balaban J connectivity index is 0.00000225. The maximum atomic E-state index is 12.7. The summed E-state index contributed by atoms with van der Waals surface area (Å²) in [7, 11) is 0. The molecular weight excluding hydrogens is 427 g/mol. The maximum Gasteiger partial charge on any atom is 0.254 e. The molecule has 0 bridgehead atoms. The summed E-state index contributed by atoms with van der Waals surface area (Å²) in [5, 5.41) is 5.56.